The Hall–Kier alpha value is -0.260. The lowest BCUT2D eigenvalue weighted by Crippen LogP contribution is -2.42. The minimum atomic E-state index is 0.0533. The Labute approximate surface area is 102 Å². The molecule has 0 aromatic rings. The van der Waals surface area contributed by atoms with E-state index in [1.807, 2.05) is 6.26 Å². The summed E-state index contributed by atoms with van der Waals surface area (Å²) in [6, 6.07) is 0.421. The molecule has 0 aliphatic carbocycles. The number of nitrogens with one attached hydrogen (secondary N) is 1. The van der Waals surface area contributed by atoms with Crippen LogP contribution in [0.1, 0.15) is 19.3 Å². The molecular weight excluding hydrogens is 224 g/mol. The molecule has 0 aromatic heterocycles. The van der Waals surface area contributed by atoms with Gasteiger partial charge in [-0.05, 0) is 25.6 Å². The smallest absolute Gasteiger partial charge is 0.223 e. The number of aliphatic hydroxyl groups is 1. The summed E-state index contributed by atoms with van der Waals surface area (Å²) in [6.45, 7) is 2.31. The zero-order chi connectivity index (χ0) is 11.8. The maximum absolute atomic E-state index is 11.9. The fourth-order valence-electron chi connectivity index (χ4n) is 1.96. The van der Waals surface area contributed by atoms with E-state index in [2.05, 4.69) is 5.32 Å². The normalized spacial score (nSPS) is 20.0. The second kappa shape index (κ2) is 7.92. The number of hydrogen-bond donors (Lipinski definition) is 2. The molecule has 1 fully saturated rings. The van der Waals surface area contributed by atoms with Crippen molar-refractivity contribution in [1.82, 2.24) is 10.2 Å². The van der Waals surface area contributed by atoms with Crippen LogP contribution in [0.25, 0.3) is 0 Å². The van der Waals surface area contributed by atoms with Crippen molar-refractivity contribution in [2.75, 3.05) is 38.2 Å². The van der Waals surface area contributed by atoms with Crippen LogP contribution in [-0.2, 0) is 4.79 Å². The van der Waals surface area contributed by atoms with Crippen LogP contribution in [0.4, 0.5) is 0 Å². The molecule has 1 atom stereocenters. The second-order valence-corrected chi connectivity index (χ2v) is 5.09. The topological polar surface area (TPSA) is 52.6 Å². The predicted octanol–water partition coefficient (Wildman–Crippen LogP) is 0.312. The van der Waals surface area contributed by atoms with Crippen LogP contribution in [-0.4, -0.2) is 60.2 Å². The molecule has 5 heteroatoms. The molecule has 1 rings (SSSR count). The Morgan fingerprint density at radius 2 is 2.44 bits per heavy atom. The molecule has 2 N–H and O–H groups in total. The van der Waals surface area contributed by atoms with Crippen molar-refractivity contribution >= 4 is 17.7 Å². The Morgan fingerprint density at radius 1 is 1.62 bits per heavy atom. The van der Waals surface area contributed by atoms with E-state index >= 15 is 0 Å². The fourth-order valence-corrected chi connectivity index (χ4v) is 2.34. The standard InChI is InChI=1S/C11H22N2O2S/c1-16-8-4-11(15)13(6-7-14)9-10-3-2-5-12-10/h10,12,14H,2-9H2,1H3. The highest BCUT2D eigenvalue weighted by atomic mass is 32.2. The molecule has 1 unspecified atom stereocenters. The van der Waals surface area contributed by atoms with Crippen molar-refractivity contribution < 1.29 is 9.90 Å². The van der Waals surface area contributed by atoms with Crippen LogP contribution in [0.5, 0.6) is 0 Å². The predicted molar refractivity (Wildman–Crippen MR) is 67.7 cm³/mol. The lowest BCUT2D eigenvalue weighted by Gasteiger charge is -2.25. The summed E-state index contributed by atoms with van der Waals surface area (Å²) in [7, 11) is 0. The third-order valence-electron chi connectivity index (χ3n) is 2.85. The minimum Gasteiger partial charge on any atom is -0.395 e. The summed E-state index contributed by atoms with van der Waals surface area (Å²) < 4.78 is 0. The van der Waals surface area contributed by atoms with Gasteiger partial charge in [-0.15, -0.1) is 0 Å². The van der Waals surface area contributed by atoms with E-state index in [1.54, 1.807) is 16.7 Å². The average molecular weight is 246 g/mol. The van der Waals surface area contributed by atoms with Crippen molar-refractivity contribution in [1.29, 1.82) is 0 Å². The summed E-state index contributed by atoms with van der Waals surface area (Å²) in [5.74, 6) is 1.02. The van der Waals surface area contributed by atoms with E-state index in [-0.39, 0.29) is 12.5 Å². The lowest BCUT2D eigenvalue weighted by atomic mass is 10.2. The number of hydrogen-bond acceptors (Lipinski definition) is 4. The summed E-state index contributed by atoms with van der Waals surface area (Å²) in [4.78, 5) is 13.6. The molecule has 1 aliphatic rings. The average Bonchev–Trinajstić information content (AvgIpc) is 2.78. The van der Waals surface area contributed by atoms with Crippen molar-refractivity contribution in [2.45, 2.75) is 25.3 Å². The van der Waals surface area contributed by atoms with E-state index in [0.29, 0.717) is 19.0 Å². The highest BCUT2D eigenvalue weighted by molar-refractivity contribution is 7.98. The lowest BCUT2D eigenvalue weighted by molar-refractivity contribution is -0.131. The quantitative estimate of drug-likeness (QED) is 0.679. The van der Waals surface area contributed by atoms with Crippen molar-refractivity contribution in [3.63, 3.8) is 0 Å². The monoisotopic (exact) mass is 246 g/mol. The first kappa shape index (κ1) is 13.8. The number of amides is 1. The first-order valence-electron chi connectivity index (χ1n) is 5.89. The van der Waals surface area contributed by atoms with Gasteiger partial charge in [0.25, 0.3) is 0 Å². The first-order valence-corrected chi connectivity index (χ1v) is 7.28. The van der Waals surface area contributed by atoms with E-state index in [4.69, 9.17) is 5.11 Å². The molecule has 1 heterocycles. The van der Waals surface area contributed by atoms with Crippen molar-refractivity contribution in [2.24, 2.45) is 0 Å². The highest BCUT2D eigenvalue weighted by Crippen LogP contribution is 2.08. The molecule has 0 spiro atoms. The second-order valence-electron chi connectivity index (χ2n) is 4.10. The number of aliphatic hydroxyl groups excluding tert-OH is 1. The van der Waals surface area contributed by atoms with Crippen LogP contribution in [0.15, 0.2) is 0 Å². The SMILES string of the molecule is CSCCC(=O)N(CCO)CC1CCCN1. The van der Waals surface area contributed by atoms with E-state index in [9.17, 15) is 4.79 Å². The van der Waals surface area contributed by atoms with Gasteiger partial charge in [-0.2, -0.15) is 11.8 Å². The maximum Gasteiger partial charge on any atom is 0.223 e. The van der Waals surface area contributed by atoms with Crippen LogP contribution >= 0.6 is 11.8 Å². The molecule has 94 valence electrons. The van der Waals surface area contributed by atoms with Gasteiger partial charge in [0, 0.05) is 31.3 Å². The van der Waals surface area contributed by atoms with Crippen LogP contribution in [0.2, 0.25) is 0 Å². The Bertz CT molecular complexity index is 208. The molecule has 16 heavy (non-hydrogen) atoms. The van der Waals surface area contributed by atoms with Crippen LogP contribution < -0.4 is 5.32 Å². The number of thioether (sulfide) groups is 1. The Morgan fingerprint density at radius 3 is 3.00 bits per heavy atom. The number of rotatable bonds is 7. The molecule has 1 aliphatic heterocycles. The van der Waals surface area contributed by atoms with Gasteiger partial charge < -0.3 is 15.3 Å². The molecule has 1 saturated heterocycles. The molecular formula is C11H22N2O2S. The summed E-state index contributed by atoms with van der Waals surface area (Å²) in [5, 5.41) is 12.3. The van der Waals surface area contributed by atoms with Gasteiger partial charge in [0.2, 0.25) is 5.91 Å². The molecule has 0 bridgehead atoms. The molecule has 1 amide bonds. The zero-order valence-corrected chi connectivity index (χ0v) is 10.8. The van der Waals surface area contributed by atoms with Crippen molar-refractivity contribution in [3.05, 3.63) is 0 Å². The van der Waals surface area contributed by atoms with E-state index in [1.165, 1.54) is 6.42 Å². The van der Waals surface area contributed by atoms with E-state index in [0.717, 1.165) is 25.3 Å². The first-order chi connectivity index (χ1) is 7.77. The van der Waals surface area contributed by atoms with Gasteiger partial charge in [-0.3, -0.25) is 4.79 Å². The number of nitrogens with zero attached hydrogens (tertiary/aromatic N) is 1. The molecule has 0 radical (unpaired) electrons. The third kappa shape index (κ3) is 4.72. The summed E-state index contributed by atoms with van der Waals surface area (Å²) >= 11 is 1.68. The van der Waals surface area contributed by atoms with Gasteiger partial charge in [0.15, 0.2) is 0 Å². The summed E-state index contributed by atoms with van der Waals surface area (Å²) in [6.07, 6.45) is 4.91. The number of carbonyl (C=O) groups is 1. The minimum absolute atomic E-state index is 0.0533. The Kier molecular flexibility index (Phi) is 6.84. The Balaban J connectivity index is 2.35. The van der Waals surface area contributed by atoms with Gasteiger partial charge in [-0.25, -0.2) is 0 Å². The van der Waals surface area contributed by atoms with Gasteiger partial charge in [-0.1, -0.05) is 0 Å². The number of carbonyl (C=O) groups excluding carboxylic acids is 1. The zero-order valence-electron chi connectivity index (χ0n) is 9.95. The van der Waals surface area contributed by atoms with Gasteiger partial charge in [0.05, 0.1) is 6.61 Å². The van der Waals surface area contributed by atoms with Gasteiger partial charge in [0.1, 0.15) is 0 Å². The molecule has 0 aromatic carbocycles. The third-order valence-corrected chi connectivity index (χ3v) is 3.46. The van der Waals surface area contributed by atoms with Crippen LogP contribution in [0.3, 0.4) is 0 Å². The fraction of sp³-hybridized carbons (Fsp3) is 0.909. The molecule has 4 nitrogen and oxygen atoms in total. The van der Waals surface area contributed by atoms with Gasteiger partial charge >= 0.3 is 0 Å². The highest BCUT2D eigenvalue weighted by Gasteiger charge is 2.20. The largest absolute Gasteiger partial charge is 0.395 e. The maximum atomic E-state index is 11.9. The van der Waals surface area contributed by atoms with Crippen LogP contribution in [0, 0.1) is 0 Å². The van der Waals surface area contributed by atoms with E-state index < -0.39 is 0 Å². The van der Waals surface area contributed by atoms with Crippen molar-refractivity contribution in [3.8, 4) is 0 Å². The molecule has 0 saturated carbocycles. The summed E-state index contributed by atoms with van der Waals surface area (Å²) in [5.41, 5.74) is 0.